The molecule has 2 aromatic carbocycles. The Bertz CT molecular complexity index is 1320. The SMILES string of the molecule is Cc1nc2ccccc2nc(C)c1=NOCC(=O)Nc1ccc(S(=O)(=O)N2CCOCC2)cc1. The Morgan fingerprint density at radius 1 is 1.03 bits per heavy atom. The number of ether oxygens (including phenoxy) is 1. The summed E-state index contributed by atoms with van der Waals surface area (Å²) >= 11 is 0. The lowest BCUT2D eigenvalue weighted by atomic mass is 10.3. The van der Waals surface area contributed by atoms with Gasteiger partial charge in [0.1, 0.15) is 5.36 Å². The van der Waals surface area contributed by atoms with Crippen molar-refractivity contribution in [1.29, 1.82) is 0 Å². The molecule has 178 valence electrons. The van der Waals surface area contributed by atoms with Crippen molar-refractivity contribution < 1.29 is 22.8 Å². The zero-order valence-electron chi connectivity index (χ0n) is 18.9. The first-order valence-corrected chi connectivity index (χ1v) is 12.2. The van der Waals surface area contributed by atoms with Gasteiger partial charge in [-0.05, 0) is 50.2 Å². The second kappa shape index (κ2) is 10.2. The molecule has 0 bridgehead atoms. The molecule has 0 saturated carbocycles. The molecule has 2 heterocycles. The zero-order valence-corrected chi connectivity index (χ0v) is 19.7. The third-order valence-electron chi connectivity index (χ3n) is 5.24. The van der Waals surface area contributed by atoms with Crippen LogP contribution < -0.4 is 10.7 Å². The lowest BCUT2D eigenvalue weighted by Crippen LogP contribution is -2.40. The first kappa shape index (κ1) is 23.7. The second-order valence-electron chi connectivity index (χ2n) is 7.69. The number of morpholine rings is 1. The maximum Gasteiger partial charge on any atom is 0.265 e. The third kappa shape index (κ3) is 5.38. The summed E-state index contributed by atoms with van der Waals surface area (Å²) in [4.78, 5) is 26.8. The van der Waals surface area contributed by atoms with Crippen LogP contribution in [0.3, 0.4) is 0 Å². The van der Waals surface area contributed by atoms with E-state index in [1.807, 2.05) is 24.3 Å². The molecular weight excluding hydrogens is 458 g/mol. The lowest BCUT2D eigenvalue weighted by molar-refractivity contribution is -0.120. The number of hydrogen-bond donors (Lipinski definition) is 1. The first-order chi connectivity index (χ1) is 16.3. The fourth-order valence-electron chi connectivity index (χ4n) is 3.51. The molecule has 10 nitrogen and oxygen atoms in total. The molecule has 0 unspecified atom stereocenters. The topological polar surface area (TPSA) is 123 Å². The summed E-state index contributed by atoms with van der Waals surface area (Å²) in [6, 6.07) is 13.5. The molecule has 3 aromatic rings. The van der Waals surface area contributed by atoms with E-state index in [4.69, 9.17) is 9.57 Å². The number of anilines is 1. The van der Waals surface area contributed by atoms with Crippen LogP contribution >= 0.6 is 0 Å². The van der Waals surface area contributed by atoms with E-state index in [1.54, 1.807) is 13.8 Å². The predicted octanol–water partition coefficient (Wildman–Crippen LogP) is 1.74. The number of hydrogen-bond acceptors (Lipinski definition) is 8. The third-order valence-corrected chi connectivity index (χ3v) is 7.15. The fraction of sp³-hybridized carbons (Fsp3) is 0.304. The molecule has 11 heteroatoms. The van der Waals surface area contributed by atoms with Gasteiger partial charge in [-0.1, -0.05) is 17.3 Å². The van der Waals surface area contributed by atoms with Crippen molar-refractivity contribution in [2.75, 3.05) is 38.2 Å². The molecule has 1 fully saturated rings. The number of sulfonamides is 1. The quantitative estimate of drug-likeness (QED) is 0.530. The molecule has 1 aliphatic rings. The summed E-state index contributed by atoms with van der Waals surface area (Å²) in [5.41, 5.74) is 3.18. The maximum atomic E-state index is 12.7. The largest absolute Gasteiger partial charge is 0.385 e. The molecule has 1 N–H and O–H groups in total. The molecule has 1 aromatic heterocycles. The van der Waals surface area contributed by atoms with Gasteiger partial charge in [0, 0.05) is 18.8 Å². The number of aromatic nitrogens is 2. The van der Waals surface area contributed by atoms with Crippen LogP contribution in [0.25, 0.3) is 11.0 Å². The van der Waals surface area contributed by atoms with Crippen molar-refractivity contribution in [3.63, 3.8) is 0 Å². The van der Waals surface area contributed by atoms with E-state index < -0.39 is 15.9 Å². The van der Waals surface area contributed by atoms with Gasteiger partial charge in [-0.2, -0.15) is 4.31 Å². The lowest BCUT2D eigenvalue weighted by Gasteiger charge is -2.26. The van der Waals surface area contributed by atoms with Crippen LogP contribution in [-0.2, 0) is 24.4 Å². The number of fused-ring (bicyclic) bond motifs is 1. The average Bonchev–Trinajstić information content (AvgIpc) is 2.95. The number of carbonyl (C=O) groups is 1. The Hall–Kier alpha value is -3.41. The smallest absolute Gasteiger partial charge is 0.265 e. The summed E-state index contributed by atoms with van der Waals surface area (Å²) < 4.78 is 32.0. The highest BCUT2D eigenvalue weighted by Gasteiger charge is 2.26. The summed E-state index contributed by atoms with van der Waals surface area (Å²) in [6.45, 7) is 4.67. The van der Waals surface area contributed by atoms with Gasteiger partial charge in [0.25, 0.3) is 5.91 Å². The van der Waals surface area contributed by atoms with Gasteiger partial charge in [0.15, 0.2) is 6.61 Å². The predicted molar refractivity (Wildman–Crippen MR) is 125 cm³/mol. The molecular formula is C23H25N5O5S. The van der Waals surface area contributed by atoms with E-state index in [-0.39, 0.29) is 11.5 Å². The van der Waals surface area contributed by atoms with Crippen LogP contribution in [-0.4, -0.2) is 61.5 Å². The van der Waals surface area contributed by atoms with Gasteiger partial charge in [-0.15, -0.1) is 0 Å². The van der Waals surface area contributed by atoms with Crippen LogP contribution in [0, 0.1) is 13.8 Å². The van der Waals surface area contributed by atoms with Gasteiger partial charge in [-0.25, -0.2) is 18.4 Å². The van der Waals surface area contributed by atoms with Crippen molar-refractivity contribution in [2.45, 2.75) is 18.7 Å². The number of aryl methyl sites for hydroxylation is 2. The van der Waals surface area contributed by atoms with E-state index in [0.29, 0.717) is 48.7 Å². The highest BCUT2D eigenvalue weighted by atomic mass is 32.2. The van der Waals surface area contributed by atoms with Crippen LogP contribution in [0.15, 0.2) is 58.6 Å². The Morgan fingerprint density at radius 3 is 2.21 bits per heavy atom. The van der Waals surface area contributed by atoms with Gasteiger partial charge in [-0.3, -0.25) is 4.79 Å². The monoisotopic (exact) mass is 483 g/mol. The van der Waals surface area contributed by atoms with Crippen molar-refractivity contribution in [3.8, 4) is 0 Å². The minimum atomic E-state index is -3.59. The van der Waals surface area contributed by atoms with Crippen LogP contribution in [0.1, 0.15) is 11.4 Å². The fourth-order valence-corrected chi connectivity index (χ4v) is 4.92. The minimum absolute atomic E-state index is 0.161. The first-order valence-electron chi connectivity index (χ1n) is 10.7. The van der Waals surface area contributed by atoms with E-state index in [9.17, 15) is 13.2 Å². The number of rotatable bonds is 6. The van der Waals surface area contributed by atoms with Gasteiger partial charge in [0.2, 0.25) is 10.0 Å². The normalized spacial score (nSPS) is 14.5. The van der Waals surface area contributed by atoms with E-state index in [1.165, 1.54) is 28.6 Å². The minimum Gasteiger partial charge on any atom is -0.385 e. The molecule has 1 saturated heterocycles. The van der Waals surface area contributed by atoms with E-state index >= 15 is 0 Å². The summed E-state index contributed by atoms with van der Waals surface area (Å²) in [5.74, 6) is -0.436. The highest BCUT2D eigenvalue weighted by Crippen LogP contribution is 2.19. The van der Waals surface area contributed by atoms with Crippen molar-refractivity contribution in [2.24, 2.45) is 5.16 Å². The van der Waals surface area contributed by atoms with Gasteiger partial charge < -0.3 is 14.9 Å². The molecule has 0 aliphatic carbocycles. The Morgan fingerprint density at radius 2 is 1.62 bits per heavy atom. The van der Waals surface area contributed by atoms with Crippen LogP contribution in [0.2, 0.25) is 0 Å². The van der Waals surface area contributed by atoms with Crippen molar-refractivity contribution in [3.05, 3.63) is 65.3 Å². The van der Waals surface area contributed by atoms with E-state index in [0.717, 1.165) is 11.0 Å². The maximum absolute atomic E-state index is 12.7. The van der Waals surface area contributed by atoms with Crippen molar-refractivity contribution in [1.82, 2.24) is 14.3 Å². The Balaban J connectivity index is 1.40. The molecule has 0 atom stereocenters. The molecule has 0 spiro atoms. The van der Waals surface area contributed by atoms with Gasteiger partial charge in [0.05, 0.1) is 40.5 Å². The summed E-state index contributed by atoms with van der Waals surface area (Å²) in [5, 5.41) is 7.19. The number of amides is 1. The number of nitrogens with zero attached hydrogens (tertiary/aromatic N) is 4. The summed E-state index contributed by atoms with van der Waals surface area (Å²) in [7, 11) is -3.59. The Kier molecular flexibility index (Phi) is 7.15. The Labute approximate surface area is 197 Å². The van der Waals surface area contributed by atoms with E-state index in [2.05, 4.69) is 20.4 Å². The molecule has 34 heavy (non-hydrogen) atoms. The standard InChI is InChI=1S/C23H25N5O5S/c1-16-23(17(2)25-21-6-4-3-5-20(21)24-16)27-33-15-22(29)26-18-7-9-19(10-8-18)34(30,31)28-11-13-32-14-12-28/h3-10H,11-15H2,1-2H3,(H,26,29). The number of nitrogens with one attached hydrogen (secondary N) is 1. The average molecular weight is 484 g/mol. The van der Waals surface area contributed by atoms with Crippen LogP contribution in [0.5, 0.6) is 0 Å². The second-order valence-corrected chi connectivity index (χ2v) is 9.62. The molecule has 4 rings (SSSR count). The zero-order chi connectivity index (χ0) is 24.1. The van der Waals surface area contributed by atoms with Crippen molar-refractivity contribution >= 4 is 32.7 Å². The number of para-hydroxylation sites is 2. The molecule has 1 aliphatic heterocycles. The molecule has 1 amide bonds. The highest BCUT2D eigenvalue weighted by molar-refractivity contribution is 7.89. The van der Waals surface area contributed by atoms with Gasteiger partial charge >= 0.3 is 0 Å². The number of carbonyl (C=O) groups excluding carboxylic acids is 1. The van der Waals surface area contributed by atoms with Crippen LogP contribution in [0.4, 0.5) is 5.69 Å². The summed E-state index contributed by atoms with van der Waals surface area (Å²) in [6.07, 6.45) is 0. The number of benzene rings is 2. The molecule has 0 radical (unpaired) electrons.